The fourth-order valence-corrected chi connectivity index (χ4v) is 1.31. The number of ether oxygens (including phenoxy) is 1. The average Bonchev–Trinajstić information content (AvgIpc) is 2.18. The smallest absolute Gasteiger partial charge is 0.119 e. The maximum atomic E-state index is 8.79. The molecule has 1 unspecified atom stereocenters. The Kier molecular flexibility index (Phi) is 3.77. The average molecular weight is 180 g/mol. The molecule has 0 aliphatic carbocycles. The molecule has 2 heteroatoms. The lowest BCUT2D eigenvalue weighted by atomic mass is 9.98. The summed E-state index contributed by atoms with van der Waals surface area (Å²) in [5.41, 5.74) is 1.22. The minimum absolute atomic E-state index is 0.235. The molecule has 1 rings (SSSR count). The van der Waals surface area contributed by atoms with Gasteiger partial charge in [-0.25, -0.2) is 0 Å². The first-order valence-corrected chi connectivity index (χ1v) is 4.52. The topological polar surface area (TPSA) is 29.5 Å². The summed E-state index contributed by atoms with van der Waals surface area (Å²) >= 11 is 0. The van der Waals surface area contributed by atoms with Crippen molar-refractivity contribution in [3.05, 3.63) is 29.8 Å². The number of methoxy groups -OCH3 is 1. The molecular formula is C11H16O2. The van der Waals surface area contributed by atoms with Crippen LogP contribution >= 0.6 is 0 Å². The summed E-state index contributed by atoms with van der Waals surface area (Å²) in [6.45, 7) is 2.34. The van der Waals surface area contributed by atoms with Crippen LogP contribution in [0.15, 0.2) is 24.3 Å². The van der Waals surface area contributed by atoms with Gasteiger partial charge in [0.25, 0.3) is 0 Å². The van der Waals surface area contributed by atoms with E-state index < -0.39 is 0 Å². The first-order chi connectivity index (χ1) is 6.27. The number of aliphatic hydroxyl groups excluding tert-OH is 1. The van der Waals surface area contributed by atoms with Gasteiger partial charge in [-0.15, -0.1) is 0 Å². The molecule has 0 aromatic heterocycles. The number of hydrogen-bond acceptors (Lipinski definition) is 2. The third-order valence-corrected chi connectivity index (χ3v) is 2.22. The molecule has 1 atom stereocenters. The molecule has 0 aliphatic heterocycles. The molecule has 0 spiro atoms. The Morgan fingerprint density at radius 2 is 2.23 bits per heavy atom. The highest BCUT2D eigenvalue weighted by molar-refractivity contribution is 5.30. The normalized spacial score (nSPS) is 12.5. The van der Waals surface area contributed by atoms with E-state index >= 15 is 0 Å². The van der Waals surface area contributed by atoms with Gasteiger partial charge in [-0.05, 0) is 30.0 Å². The Morgan fingerprint density at radius 3 is 2.85 bits per heavy atom. The molecule has 0 saturated carbocycles. The molecule has 13 heavy (non-hydrogen) atoms. The Labute approximate surface area is 79.2 Å². The van der Waals surface area contributed by atoms with E-state index in [0.717, 1.165) is 12.2 Å². The molecule has 0 fully saturated rings. The Balaban J connectivity index is 2.75. The maximum absolute atomic E-state index is 8.79. The quantitative estimate of drug-likeness (QED) is 0.769. The minimum atomic E-state index is 0.235. The van der Waals surface area contributed by atoms with Crippen LogP contribution < -0.4 is 4.74 Å². The van der Waals surface area contributed by atoms with Gasteiger partial charge in [-0.1, -0.05) is 19.1 Å². The van der Waals surface area contributed by atoms with E-state index in [0.29, 0.717) is 5.92 Å². The second-order valence-corrected chi connectivity index (χ2v) is 3.19. The van der Waals surface area contributed by atoms with Gasteiger partial charge < -0.3 is 9.84 Å². The number of rotatable bonds is 4. The number of benzene rings is 1. The molecule has 0 saturated heterocycles. The van der Waals surface area contributed by atoms with Crippen molar-refractivity contribution in [1.82, 2.24) is 0 Å². The molecular weight excluding hydrogens is 164 g/mol. The minimum Gasteiger partial charge on any atom is -0.497 e. The fourth-order valence-electron chi connectivity index (χ4n) is 1.31. The molecule has 2 nitrogen and oxygen atoms in total. The SMILES string of the molecule is COc1cccc(C(C)CCO)c1. The van der Waals surface area contributed by atoms with Crippen LogP contribution in [0.4, 0.5) is 0 Å². The van der Waals surface area contributed by atoms with Crippen LogP contribution in [0, 0.1) is 0 Å². The van der Waals surface area contributed by atoms with Crippen LogP contribution in [0.2, 0.25) is 0 Å². The second-order valence-electron chi connectivity index (χ2n) is 3.19. The summed E-state index contributed by atoms with van der Waals surface area (Å²) in [6, 6.07) is 7.97. The van der Waals surface area contributed by atoms with Crippen molar-refractivity contribution in [3.63, 3.8) is 0 Å². The molecule has 1 aromatic carbocycles. The van der Waals surface area contributed by atoms with Crippen LogP contribution in [0.25, 0.3) is 0 Å². The van der Waals surface area contributed by atoms with Gasteiger partial charge in [0.2, 0.25) is 0 Å². The van der Waals surface area contributed by atoms with E-state index in [1.54, 1.807) is 7.11 Å². The summed E-state index contributed by atoms with van der Waals surface area (Å²) in [5.74, 6) is 1.27. The first kappa shape index (κ1) is 10.1. The lowest BCUT2D eigenvalue weighted by Crippen LogP contribution is -1.97. The number of hydrogen-bond donors (Lipinski definition) is 1. The summed E-state index contributed by atoms with van der Waals surface area (Å²) in [4.78, 5) is 0. The maximum Gasteiger partial charge on any atom is 0.119 e. The zero-order chi connectivity index (χ0) is 9.68. The molecule has 0 bridgehead atoms. The zero-order valence-electron chi connectivity index (χ0n) is 8.16. The van der Waals surface area contributed by atoms with Crippen molar-refractivity contribution in [2.45, 2.75) is 19.3 Å². The summed E-state index contributed by atoms with van der Waals surface area (Å²) in [6.07, 6.45) is 0.799. The summed E-state index contributed by atoms with van der Waals surface area (Å²) in [5, 5.41) is 8.79. The van der Waals surface area contributed by atoms with Gasteiger partial charge in [0.1, 0.15) is 5.75 Å². The predicted octanol–water partition coefficient (Wildman–Crippen LogP) is 2.18. The van der Waals surface area contributed by atoms with Crippen LogP contribution in [-0.2, 0) is 0 Å². The Bertz CT molecular complexity index is 258. The Morgan fingerprint density at radius 1 is 1.46 bits per heavy atom. The number of aliphatic hydroxyl groups is 1. The molecule has 0 aliphatic rings. The molecule has 72 valence electrons. The molecule has 0 heterocycles. The van der Waals surface area contributed by atoms with E-state index in [-0.39, 0.29) is 6.61 Å². The zero-order valence-corrected chi connectivity index (χ0v) is 8.16. The standard InChI is InChI=1S/C11H16O2/c1-9(6-7-12)10-4-3-5-11(8-10)13-2/h3-5,8-9,12H,6-7H2,1-2H3. The van der Waals surface area contributed by atoms with E-state index in [2.05, 4.69) is 13.0 Å². The van der Waals surface area contributed by atoms with Crippen molar-refractivity contribution in [2.75, 3.05) is 13.7 Å². The lowest BCUT2D eigenvalue weighted by Gasteiger charge is -2.10. The van der Waals surface area contributed by atoms with Crippen LogP contribution in [0.5, 0.6) is 5.75 Å². The predicted molar refractivity (Wildman–Crippen MR) is 53.1 cm³/mol. The van der Waals surface area contributed by atoms with E-state index in [9.17, 15) is 0 Å². The lowest BCUT2D eigenvalue weighted by molar-refractivity contribution is 0.278. The van der Waals surface area contributed by atoms with Crippen molar-refractivity contribution in [2.24, 2.45) is 0 Å². The second kappa shape index (κ2) is 4.87. The van der Waals surface area contributed by atoms with Crippen molar-refractivity contribution in [1.29, 1.82) is 0 Å². The van der Waals surface area contributed by atoms with Crippen molar-refractivity contribution < 1.29 is 9.84 Å². The largest absolute Gasteiger partial charge is 0.497 e. The van der Waals surface area contributed by atoms with Crippen LogP contribution in [0.3, 0.4) is 0 Å². The highest BCUT2D eigenvalue weighted by Crippen LogP contribution is 2.22. The van der Waals surface area contributed by atoms with Gasteiger partial charge in [0.05, 0.1) is 7.11 Å². The highest BCUT2D eigenvalue weighted by Gasteiger charge is 2.04. The monoisotopic (exact) mass is 180 g/mol. The van der Waals surface area contributed by atoms with Gasteiger partial charge in [0, 0.05) is 6.61 Å². The summed E-state index contributed by atoms with van der Waals surface area (Å²) < 4.78 is 5.12. The van der Waals surface area contributed by atoms with Crippen molar-refractivity contribution >= 4 is 0 Å². The van der Waals surface area contributed by atoms with Gasteiger partial charge >= 0.3 is 0 Å². The summed E-state index contributed by atoms with van der Waals surface area (Å²) in [7, 11) is 1.66. The Hall–Kier alpha value is -1.02. The van der Waals surface area contributed by atoms with Gasteiger partial charge in [-0.2, -0.15) is 0 Å². The van der Waals surface area contributed by atoms with E-state index in [1.165, 1.54) is 5.56 Å². The fraction of sp³-hybridized carbons (Fsp3) is 0.455. The highest BCUT2D eigenvalue weighted by atomic mass is 16.5. The molecule has 0 amide bonds. The third kappa shape index (κ3) is 2.74. The molecule has 1 N–H and O–H groups in total. The van der Waals surface area contributed by atoms with Crippen LogP contribution in [-0.4, -0.2) is 18.8 Å². The molecule has 0 radical (unpaired) electrons. The van der Waals surface area contributed by atoms with Gasteiger partial charge in [0.15, 0.2) is 0 Å². The third-order valence-electron chi connectivity index (χ3n) is 2.22. The molecule has 1 aromatic rings. The first-order valence-electron chi connectivity index (χ1n) is 4.52. The van der Waals surface area contributed by atoms with E-state index in [4.69, 9.17) is 9.84 Å². The van der Waals surface area contributed by atoms with Crippen LogP contribution in [0.1, 0.15) is 24.8 Å². The van der Waals surface area contributed by atoms with E-state index in [1.807, 2.05) is 18.2 Å². The van der Waals surface area contributed by atoms with Crippen molar-refractivity contribution in [3.8, 4) is 5.75 Å². The van der Waals surface area contributed by atoms with Gasteiger partial charge in [-0.3, -0.25) is 0 Å².